The van der Waals surface area contributed by atoms with Crippen molar-refractivity contribution in [3.05, 3.63) is 21.3 Å². The van der Waals surface area contributed by atoms with Gasteiger partial charge in [0, 0.05) is 11.3 Å². The molecule has 0 amide bonds. The van der Waals surface area contributed by atoms with Crippen LogP contribution in [0.1, 0.15) is 16.1 Å². The molecule has 74 valence electrons. The van der Waals surface area contributed by atoms with Crippen LogP contribution in [0.25, 0.3) is 0 Å². The quantitative estimate of drug-likeness (QED) is 0.811. The van der Waals surface area contributed by atoms with Gasteiger partial charge in [0.05, 0.1) is 15.8 Å². The fourth-order valence-corrected chi connectivity index (χ4v) is 2.46. The SMILES string of the molecule is O=C(O)C1CC1C(=O)c1cc(Cl)cs1. The number of carbonyl (C=O) groups excluding carboxylic acids is 1. The first-order valence-electron chi connectivity index (χ1n) is 4.10. The fourth-order valence-electron chi connectivity index (χ4n) is 1.38. The lowest BCUT2D eigenvalue weighted by atomic mass is 10.2. The standard InChI is InChI=1S/C9H7ClO3S/c10-4-1-7(14-3-4)8(11)5-2-6(5)9(12)13/h1,3,5-6H,2H2,(H,12,13). The molecule has 5 heteroatoms. The second kappa shape index (κ2) is 3.37. The molecular formula is C9H7ClO3S. The van der Waals surface area contributed by atoms with Gasteiger partial charge in [0.25, 0.3) is 0 Å². The topological polar surface area (TPSA) is 54.4 Å². The molecule has 1 heterocycles. The molecule has 3 nitrogen and oxygen atoms in total. The van der Waals surface area contributed by atoms with Gasteiger partial charge < -0.3 is 5.11 Å². The van der Waals surface area contributed by atoms with Gasteiger partial charge in [0.2, 0.25) is 0 Å². The number of carboxylic acid groups (broad SMARTS) is 1. The molecule has 14 heavy (non-hydrogen) atoms. The number of halogens is 1. The summed E-state index contributed by atoms with van der Waals surface area (Å²) >= 11 is 6.94. The molecule has 1 aromatic rings. The van der Waals surface area contributed by atoms with Crippen molar-refractivity contribution in [2.24, 2.45) is 11.8 Å². The maximum absolute atomic E-state index is 11.6. The van der Waals surface area contributed by atoms with Crippen molar-refractivity contribution in [1.29, 1.82) is 0 Å². The molecule has 1 aliphatic rings. The average molecular weight is 231 g/mol. The highest BCUT2D eigenvalue weighted by atomic mass is 35.5. The van der Waals surface area contributed by atoms with Crippen LogP contribution in [0.2, 0.25) is 5.02 Å². The normalized spacial score (nSPS) is 24.6. The molecule has 1 aliphatic carbocycles. The average Bonchev–Trinajstić information content (AvgIpc) is 2.82. The Morgan fingerprint density at radius 2 is 2.21 bits per heavy atom. The van der Waals surface area contributed by atoms with Crippen LogP contribution in [0, 0.1) is 11.8 Å². The van der Waals surface area contributed by atoms with E-state index in [9.17, 15) is 9.59 Å². The van der Waals surface area contributed by atoms with Gasteiger partial charge in [-0.15, -0.1) is 11.3 Å². The molecule has 0 aliphatic heterocycles. The number of rotatable bonds is 3. The Labute approximate surface area is 89.3 Å². The van der Waals surface area contributed by atoms with Crippen LogP contribution in [0.4, 0.5) is 0 Å². The van der Waals surface area contributed by atoms with Gasteiger partial charge >= 0.3 is 5.97 Å². The molecule has 1 saturated carbocycles. The van der Waals surface area contributed by atoms with Crippen LogP contribution in [-0.2, 0) is 4.79 Å². The van der Waals surface area contributed by atoms with Crippen LogP contribution in [-0.4, -0.2) is 16.9 Å². The van der Waals surface area contributed by atoms with Gasteiger partial charge in [-0.25, -0.2) is 0 Å². The van der Waals surface area contributed by atoms with E-state index < -0.39 is 11.9 Å². The number of Topliss-reactive ketones (excluding diaryl/α,β-unsaturated/α-hetero) is 1. The number of thiophene rings is 1. The lowest BCUT2D eigenvalue weighted by molar-refractivity contribution is -0.138. The van der Waals surface area contributed by atoms with Crippen LogP contribution >= 0.6 is 22.9 Å². The molecule has 1 N–H and O–H groups in total. The van der Waals surface area contributed by atoms with Crippen molar-refractivity contribution in [1.82, 2.24) is 0 Å². The van der Waals surface area contributed by atoms with Crippen molar-refractivity contribution in [2.75, 3.05) is 0 Å². The van der Waals surface area contributed by atoms with E-state index in [4.69, 9.17) is 16.7 Å². The summed E-state index contributed by atoms with van der Waals surface area (Å²) in [5, 5.41) is 10.9. The number of carboxylic acids is 1. The van der Waals surface area contributed by atoms with Crippen molar-refractivity contribution >= 4 is 34.7 Å². The number of hydrogen-bond donors (Lipinski definition) is 1. The summed E-state index contributed by atoms with van der Waals surface area (Å²) in [6.45, 7) is 0. The van der Waals surface area contributed by atoms with E-state index in [2.05, 4.69) is 0 Å². The monoisotopic (exact) mass is 230 g/mol. The Morgan fingerprint density at radius 3 is 2.64 bits per heavy atom. The lowest BCUT2D eigenvalue weighted by Gasteiger charge is -1.92. The van der Waals surface area contributed by atoms with Crippen LogP contribution in [0.3, 0.4) is 0 Å². The molecule has 0 spiro atoms. The zero-order valence-electron chi connectivity index (χ0n) is 7.07. The Morgan fingerprint density at radius 1 is 1.50 bits per heavy atom. The van der Waals surface area contributed by atoms with Crippen molar-refractivity contribution < 1.29 is 14.7 Å². The summed E-state index contributed by atoms with van der Waals surface area (Å²) in [5.41, 5.74) is 0. The predicted molar refractivity (Wildman–Crippen MR) is 52.9 cm³/mol. The van der Waals surface area contributed by atoms with E-state index in [-0.39, 0.29) is 11.7 Å². The predicted octanol–water partition coefficient (Wildman–Crippen LogP) is 2.30. The smallest absolute Gasteiger partial charge is 0.307 e. The summed E-state index contributed by atoms with van der Waals surface area (Å²) < 4.78 is 0. The van der Waals surface area contributed by atoms with Crippen molar-refractivity contribution in [3.63, 3.8) is 0 Å². The summed E-state index contributed by atoms with van der Waals surface area (Å²) in [5.74, 6) is -1.79. The Kier molecular flexibility index (Phi) is 2.33. The Hall–Kier alpha value is -0.870. The first-order valence-corrected chi connectivity index (χ1v) is 5.36. The first-order chi connectivity index (χ1) is 6.59. The second-order valence-electron chi connectivity index (χ2n) is 3.28. The number of ketones is 1. The number of hydrogen-bond acceptors (Lipinski definition) is 3. The van der Waals surface area contributed by atoms with Crippen molar-refractivity contribution in [3.8, 4) is 0 Å². The number of aliphatic carboxylic acids is 1. The van der Waals surface area contributed by atoms with Gasteiger partial charge in [-0.2, -0.15) is 0 Å². The van der Waals surface area contributed by atoms with Crippen molar-refractivity contribution in [2.45, 2.75) is 6.42 Å². The highest BCUT2D eigenvalue weighted by Gasteiger charge is 2.48. The van der Waals surface area contributed by atoms with E-state index in [1.807, 2.05) is 0 Å². The maximum atomic E-state index is 11.6. The zero-order chi connectivity index (χ0) is 10.3. The van der Waals surface area contributed by atoms with E-state index in [1.165, 1.54) is 11.3 Å². The van der Waals surface area contributed by atoms with E-state index >= 15 is 0 Å². The lowest BCUT2D eigenvalue weighted by Crippen LogP contribution is -2.06. The zero-order valence-corrected chi connectivity index (χ0v) is 8.64. The summed E-state index contributed by atoms with van der Waals surface area (Å²) in [6.07, 6.45) is 0.462. The Bertz CT molecular complexity index is 399. The molecule has 0 radical (unpaired) electrons. The molecule has 2 atom stereocenters. The van der Waals surface area contributed by atoms with E-state index in [0.717, 1.165) is 0 Å². The second-order valence-corrected chi connectivity index (χ2v) is 4.63. The van der Waals surface area contributed by atoms with Crippen LogP contribution in [0.5, 0.6) is 0 Å². The largest absolute Gasteiger partial charge is 0.481 e. The molecule has 0 saturated heterocycles. The molecule has 1 aromatic heterocycles. The molecule has 0 aromatic carbocycles. The van der Waals surface area contributed by atoms with Crippen LogP contribution < -0.4 is 0 Å². The molecule has 1 fully saturated rings. The fraction of sp³-hybridized carbons (Fsp3) is 0.333. The number of carbonyl (C=O) groups is 2. The third-order valence-corrected chi connectivity index (χ3v) is 3.55. The summed E-state index contributed by atoms with van der Waals surface area (Å²) in [4.78, 5) is 22.7. The van der Waals surface area contributed by atoms with E-state index in [1.54, 1.807) is 11.4 Å². The third kappa shape index (κ3) is 1.67. The molecule has 2 unspecified atom stereocenters. The minimum absolute atomic E-state index is 0.0886. The maximum Gasteiger partial charge on any atom is 0.307 e. The molecular weight excluding hydrogens is 224 g/mol. The summed E-state index contributed by atoms with van der Waals surface area (Å²) in [7, 11) is 0. The van der Waals surface area contributed by atoms with Gasteiger partial charge in [0.15, 0.2) is 5.78 Å². The van der Waals surface area contributed by atoms with Gasteiger partial charge in [-0.05, 0) is 12.5 Å². The van der Waals surface area contributed by atoms with Gasteiger partial charge in [-0.1, -0.05) is 11.6 Å². The van der Waals surface area contributed by atoms with Gasteiger partial charge in [0.1, 0.15) is 0 Å². The first kappa shape index (κ1) is 9.68. The third-order valence-electron chi connectivity index (χ3n) is 2.25. The van der Waals surface area contributed by atoms with Crippen LogP contribution in [0.15, 0.2) is 11.4 Å². The minimum Gasteiger partial charge on any atom is -0.481 e. The summed E-state index contributed by atoms with van der Waals surface area (Å²) in [6, 6.07) is 1.59. The molecule has 0 bridgehead atoms. The van der Waals surface area contributed by atoms with E-state index in [0.29, 0.717) is 16.3 Å². The van der Waals surface area contributed by atoms with Gasteiger partial charge in [-0.3, -0.25) is 9.59 Å². The minimum atomic E-state index is -0.883. The molecule has 2 rings (SSSR count). The highest BCUT2D eigenvalue weighted by molar-refractivity contribution is 7.12. The highest BCUT2D eigenvalue weighted by Crippen LogP contribution is 2.42. The Balaban J connectivity index is 2.08.